The molecule has 18 heavy (non-hydrogen) atoms. The van der Waals surface area contributed by atoms with Gasteiger partial charge < -0.3 is 20.1 Å². The van der Waals surface area contributed by atoms with Crippen molar-refractivity contribution in [3.05, 3.63) is 0 Å². The Morgan fingerprint density at radius 1 is 1.39 bits per heavy atom. The summed E-state index contributed by atoms with van der Waals surface area (Å²) in [5.74, 6) is 0.371. The topological polar surface area (TPSA) is 59.6 Å². The molecule has 0 saturated carbocycles. The molecule has 0 aliphatic carbocycles. The molecule has 0 spiro atoms. The summed E-state index contributed by atoms with van der Waals surface area (Å²) in [6.07, 6.45) is 2.74. The lowest BCUT2D eigenvalue weighted by Gasteiger charge is -2.27. The van der Waals surface area contributed by atoms with Crippen LogP contribution in [0.4, 0.5) is 0 Å². The first-order valence-corrected chi connectivity index (χ1v) is 6.81. The second-order valence-electron chi connectivity index (χ2n) is 4.83. The van der Waals surface area contributed by atoms with Gasteiger partial charge in [0.1, 0.15) is 0 Å². The zero-order valence-corrected chi connectivity index (χ0v) is 11.5. The van der Waals surface area contributed by atoms with Gasteiger partial charge in [0.15, 0.2) is 0 Å². The number of piperidine rings is 1. The van der Waals surface area contributed by atoms with Gasteiger partial charge in [-0.05, 0) is 32.7 Å². The molecule has 1 saturated heterocycles. The highest BCUT2D eigenvalue weighted by atomic mass is 16.5. The van der Waals surface area contributed by atoms with E-state index in [1.165, 1.54) is 0 Å². The minimum Gasteiger partial charge on any atom is -0.382 e. The van der Waals surface area contributed by atoms with Gasteiger partial charge in [-0.1, -0.05) is 0 Å². The predicted octanol–water partition coefficient (Wildman–Crippen LogP) is 0.544. The lowest BCUT2D eigenvalue weighted by molar-refractivity contribution is -0.126. The Labute approximate surface area is 110 Å². The van der Waals surface area contributed by atoms with E-state index in [4.69, 9.17) is 9.47 Å². The molecule has 1 aliphatic heterocycles. The van der Waals surface area contributed by atoms with Crippen LogP contribution in [-0.2, 0) is 14.3 Å². The standard InChI is InChI=1S/C13H26N2O3/c1-11-10-12(4-6-14-11)13(16)15-5-3-7-18-9-8-17-2/h11-12,14H,3-10H2,1-2H3,(H,15,16). The maximum absolute atomic E-state index is 11.9. The molecule has 0 radical (unpaired) electrons. The zero-order chi connectivity index (χ0) is 13.2. The molecule has 2 N–H and O–H groups in total. The second-order valence-corrected chi connectivity index (χ2v) is 4.83. The van der Waals surface area contributed by atoms with Crippen LogP contribution >= 0.6 is 0 Å². The number of carbonyl (C=O) groups is 1. The zero-order valence-electron chi connectivity index (χ0n) is 11.5. The van der Waals surface area contributed by atoms with E-state index < -0.39 is 0 Å². The fraction of sp³-hybridized carbons (Fsp3) is 0.923. The van der Waals surface area contributed by atoms with Crippen LogP contribution in [0.15, 0.2) is 0 Å². The molecular formula is C13H26N2O3. The van der Waals surface area contributed by atoms with Crippen LogP contribution in [0.25, 0.3) is 0 Å². The van der Waals surface area contributed by atoms with Crippen LogP contribution in [0, 0.1) is 5.92 Å². The highest BCUT2D eigenvalue weighted by molar-refractivity contribution is 5.78. The van der Waals surface area contributed by atoms with Crippen LogP contribution < -0.4 is 10.6 Å². The Morgan fingerprint density at radius 3 is 2.94 bits per heavy atom. The fourth-order valence-electron chi connectivity index (χ4n) is 2.14. The minimum atomic E-state index is 0.177. The van der Waals surface area contributed by atoms with Gasteiger partial charge in [0, 0.05) is 32.2 Å². The van der Waals surface area contributed by atoms with Gasteiger partial charge in [-0.3, -0.25) is 4.79 Å². The number of nitrogens with one attached hydrogen (secondary N) is 2. The summed E-state index contributed by atoms with van der Waals surface area (Å²) in [6, 6.07) is 0.451. The smallest absolute Gasteiger partial charge is 0.223 e. The number of ether oxygens (including phenoxy) is 2. The molecule has 5 heteroatoms. The third-order valence-corrected chi connectivity index (χ3v) is 3.19. The van der Waals surface area contributed by atoms with Crippen LogP contribution in [0.3, 0.4) is 0 Å². The van der Waals surface area contributed by atoms with Crippen LogP contribution in [0.5, 0.6) is 0 Å². The average Bonchev–Trinajstić information content (AvgIpc) is 2.37. The van der Waals surface area contributed by atoms with E-state index in [1.807, 2.05) is 0 Å². The lowest BCUT2D eigenvalue weighted by atomic mass is 9.92. The Morgan fingerprint density at radius 2 is 2.22 bits per heavy atom. The predicted molar refractivity (Wildman–Crippen MR) is 70.5 cm³/mol. The highest BCUT2D eigenvalue weighted by Gasteiger charge is 2.23. The molecule has 106 valence electrons. The van der Waals surface area contributed by atoms with Crippen LogP contribution in [0.1, 0.15) is 26.2 Å². The molecule has 2 atom stereocenters. The van der Waals surface area contributed by atoms with Crippen molar-refractivity contribution in [3.63, 3.8) is 0 Å². The maximum Gasteiger partial charge on any atom is 0.223 e. The Balaban J connectivity index is 1.99. The number of amides is 1. The Bertz CT molecular complexity index is 236. The number of hydrogen-bond donors (Lipinski definition) is 2. The number of hydrogen-bond acceptors (Lipinski definition) is 4. The molecular weight excluding hydrogens is 232 g/mol. The molecule has 5 nitrogen and oxygen atoms in total. The van der Waals surface area contributed by atoms with Crippen molar-refractivity contribution in [2.24, 2.45) is 5.92 Å². The van der Waals surface area contributed by atoms with Gasteiger partial charge in [-0.25, -0.2) is 0 Å². The molecule has 1 fully saturated rings. The van der Waals surface area contributed by atoms with E-state index in [0.29, 0.717) is 32.4 Å². The number of rotatable bonds is 8. The van der Waals surface area contributed by atoms with Crippen LogP contribution in [-0.4, -0.2) is 52.0 Å². The van der Waals surface area contributed by atoms with E-state index in [9.17, 15) is 4.79 Å². The van der Waals surface area contributed by atoms with E-state index in [0.717, 1.165) is 25.8 Å². The fourth-order valence-corrected chi connectivity index (χ4v) is 2.14. The first-order chi connectivity index (χ1) is 8.74. The van der Waals surface area contributed by atoms with Crippen molar-refractivity contribution in [3.8, 4) is 0 Å². The summed E-state index contributed by atoms with van der Waals surface area (Å²) in [6.45, 7) is 5.69. The summed E-state index contributed by atoms with van der Waals surface area (Å²) in [5, 5.41) is 6.34. The largest absolute Gasteiger partial charge is 0.382 e. The molecule has 0 aromatic carbocycles. The van der Waals surface area contributed by atoms with Crippen molar-refractivity contribution < 1.29 is 14.3 Å². The third-order valence-electron chi connectivity index (χ3n) is 3.19. The molecule has 1 aliphatic rings. The van der Waals surface area contributed by atoms with Gasteiger partial charge in [0.05, 0.1) is 13.2 Å². The van der Waals surface area contributed by atoms with Gasteiger partial charge in [-0.2, -0.15) is 0 Å². The van der Waals surface area contributed by atoms with Crippen molar-refractivity contribution in [1.82, 2.24) is 10.6 Å². The van der Waals surface area contributed by atoms with E-state index in [-0.39, 0.29) is 11.8 Å². The van der Waals surface area contributed by atoms with Crippen molar-refractivity contribution >= 4 is 5.91 Å². The summed E-state index contributed by atoms with van der Waals surface area (Å²) < 4.78 is 10.2. The van der Waals surface area contributed by atoms with Gasteiger partial charge in [0.25, 0.3) is 0 Å². The van der Waals surface area contributed by atoms with E-state index in [2.05, 4.69) is 17.6 Å². The first-order valence-electron chi connectivity index (χ1n) is 6.81. The first kappa shape index (κ1) is 15.4. The van der Waals surface area contributed by atoms with E-state index in [1.54, 1.807) is 7.11 Å². The third kappa shape index (κ3) is 6.33. The highest BCUT2D eigenvalue weighted by Crippen LogP contribution is 2.15. The monoisotopic (exact) mass is 258 g/mol. The van der Waals surface area contributed by atoms with Crippen molar-refractivity contribution in [2.75, 3.05) is 40.0 Å². The van der Waals surface area contributed by atoms with E-state index >= 15 is 0 Å². The summed E-state index contributed by atoms with van der Waals surface area (Å²) >= 11 is 0. The maximum atomic E-state index is 11.9. The average molecular weight is 258 g/mol. The SMILES string of the molecule is COCCOCCCNC(=O)C1CCNC(C)C1. The molecule has 1 amide bonds. The van der Waals surface area contributed by atoms with Crippen molar-refractivity contribution in [1.29, 1.82) is 0 Å². The molecule has 1 rings (SSSR count). The van der Waals surface area contributed by atoms with Crippen molar-refractivity contribution in [2.45, 2.75) is 32.2 Å². The molecule has 0 aromatic rings. The van der Waals surface area contributed by atoms with Gasteiger partial charge in [0.2, 0.25) is 5.91 Å². The van der Waals surface area contributed by atoms with Gasteiger partial charge >= 0.3 is 0 Å². The number of methoxy groups -OCH3 is 1. The summed E-state index contributed by atoms with van der Waals surface area (Å²) in [7, 11) is 1.66. The normalized spacial score (nSPS) is 23.9. The van der Waals surface area contributed by atoms with Gasteiger partial charge in [-0.15, -0.1) is 0 Å². The molecule has 0 bridgehead atoms. The number of carbonyl (C=O) groups excluding carboxylic acids is 1. The molecule has 2 unspecified atom stereocenters. The Hall–Kier alpha value is -0.650. The molecule has 1 heterocycles. The minimum absolute atomic E-state index is 0.177. The quantitative estimate of drug-likeness (QED) is 0.624. The summed E-state index contributed by atoms with van der Waals surface area (Å²) in [4.78, 5) is 11.9. The Kier molecular flexibility index (Phi) is 7.96. The van der Waals surface area contributed by atoms with Crippen LogP contribution in [0.2, 0.25) is 0 Å². The second kappa shape index (κ2) is 9.30. The lowest BCUT2D eigenvalue weighted by Crippen LogP contribution is -2.42. The summed E-state index contributed by atoms with van der Waals surface area (Å²) in [5.41, 5.74) is 0. The molecule has 0 aromatic heterocycles.